The Balaban J connectivity index is 2.29. The van der Waals surface area contributed by atoms with Crippen molar-refractivity contribution < 1.29 is 14.3 Å². The Labute approximate surface area is 120 Å². The average molecular weight is 281 g/mol. The molecular weight excluding hydrogens is 257 g/mol. The third-order valence-corrected chi connectivity index (χ3v) is 3.57. The third kappa shape index (κ3) is 5.29. The van der Waals surface area contributed by atoms with E-state index in [1.165, 1.54) is 6.07 Å². The van der Waals surface area contributed by atoms with Gasteiger partial charge >= 0.3 is 5.97 Å². The van der Waals surface area contributed by atoms with Crippen LogP contribution in [0.3, 0.4) is 0 Å². The fourth-order valence-electron chi connectivity index (χ4n) is 2.05. The minimum absolute atomic E-state index is 0.175. The third-order valence-electron chi connectivity index (χ3n) is 3.57. The van der Waals surface area contributed by atoms with Gasteiger partial charge in [0.15, 0.2) is 0 Å². The molecule has 0 radical (unpaired) electrons. The lowest BCUT2D eigenvalue weighted by Crippen LogP contribution is -2.24. The van der Waals surface area contributed by atoms with Crippen molar-refractivity contribution in [1.82, 2.24) is 4.90 Å². The average Bonchev–Trinajstić information content (AvgIpc) is 2.37. The lowest BCUT2D eigenvalue weighted by molar-refractivity contribution is -0.147. The normalized spacial score (nSPS) is 11.8. The van der Waals surface area contributed by atoms with Crippen LogP contribution in [-0.4, -0.2) is 29.6 Å². The van der Waals surface area contributed by atoms with Crippen molar-refractivity contribution in [2.75, 3.05) is 13.6 Å². The van der Waals surface area contributed by atoms with Crippen LogP contribution in [0.25, 0.3) is 0 Å². The van der Waals surface area contributed by atoms with Crippen LogP contribution in [0.1, 0.15) is 38.7 Å². The summed E-state index contributed by atoms with van der Waals surface area (Å²) in [7, 11) is 1.95. The van der Waals surface area contributed by atoms with Crippen molar-refractivity contribution in [3.63, 3.8) is 0 Å². The molecule has 0 bridgehead atoms. The molecular formula is C16H24FNO2. The van der Waals surface area contributed by atoms with E-state index in [0.29, 0.717) is 18.5 Å². The molecule has 0 aliphatic heterocycles. The van der Waals surface area contributed by atoms with Gasteiger partial charge in [0.1, 0.15) is 5.82 Å². The number of unbranched alkanes of at least 4 members (excludes halogenated alkanes) is 1. The molecule has 112 valence electrons. The summed E-state index contributed by atoms with van der Waals surface area (Å²) in [6, 6.07) is 6.78. The fourth-order valence-corrected chi connectivity index (χ4v) is 2.05. The van der Waals surface area contributed by atoms with Gasteiger partial charge in [-0.05, 0) is 46.3 Å². The summed E-state index contributed by atoms with van der Waals surface area (Å²) in [5.74, 6) is -0.927. The van der Waals surface area contributed by atoms with Gasteiger partial charge in [-0.3, -0.25) is 4.79 Å². The summed E-state index contributed by atoms with van der Waals surface area (Å²) < 4.78 is 13.5. The molecule has 0 fully saturated rings. The van der Waals surface area contributed by atoms with Crippen LogP contribution < -0.4 is 0 Å². The van der Waals surface area contributed by atoms with Crippen LogP contribution in [0.5, 0.6) is 0 Å². The zero-order chi connectivity index (χ0) is 15.2. The molecule has 0 aromatic heterocycles. The Hall–Kier alpha value is -1.42. The second-order valence-electron chi connectivity index (χ2n) is 5.98. The number of benzene rings is 1. The quantitative estimate of drug-likeness (QED) is 0.741. The Kier molecular flexibility index (Phi) is 6.14. The Morgan fingerprint density at radius 3 is 2.55 bits per heavy atom. The number of hydrogen-bond acceptors (Lipinski definition) is 2. The van der Waals surface area contributed by atoms with Gasteiger partial charge in [-0.15, -0.1) is 0 Å². The molecule has 0 saturated carbocycles. The first-order valence-electron chi connectivity index (χ1n) is 6.98. The topological polar surface area (TPSA) is 40.5 Å². The summed E-state index contributed by atoms with van der Waals surface area (Å²) in [6.45, 7) is 4.91. The molecule has 0 atom stereocenters. The van der Waals surface area contributed by atoms with Gasteiger partial charge in [-0.2, -0.15) is 0 Å². The van der Waals surface area contributed by atoms with Crippen molar-refractivity contribution in [2.45, 2.75) is 39.7 Å². The largest absolute Gasteiger partial charge is 0.481 e. The van der Waals surface area contributed by atoms with Crippen LogP contribution in [0.4, 0.5) is 4.39 Å². The standard InChI is InChI=1S/C16H24FNO2/c1-16(2,15(19)20)10-6-7-11-18(3)12-13-8-4-5-9-14(13)17/h4-5,8-9H,6-7,10-12H2,1-3H3,(H,19,20). The highest BCUT2D eigenvalue weighted by atomic mass is 19.1. The van der Waals surface area contributed by atoms with E-state index < -0.39 is 11.4 Å². The predicted octanol–water partition coefficient (Wildman–Crippen LogP) is 3.54. The molecule has 0 aliphatic carbocycles. The molecule has 1 rings (SSSR count). The number of carboxylic acid groups (broad SMARTS) is 1. The van der Waals surface area contributed by atoms with Gasteiger partial charge < -0.3 is 10.0 Å². The maximum absolute atomic E-state index is 13.5. The fraction of sp³-hybridized carbons (Fsp3) is 0.562. The molecule has 1 aromatic rings. The van der Waals surface area contributed by atoms with Gasteiger partial charge in [0.25, 0.3) is 0 Å². The Morgan fingerprint density at radius 2 is 1.95 bits per heavy atom. The summed E-state index contributed by atoms with van der Waals surface area (Å²) in [5, 5.41) is 9.02. The van der Waals surface area contributed by atoms with Crippen LogP contribution >= 0.6 is 0 Å². The second-order valence-corrected chi connectivity index (χ2v) is 5.98. The molecule has 0 spiro atoms. The van der Waals surface area contributed by atoms with Gasteiger partial charge in [0, 0.05) is 12.1 Å². The van der Waals surface area contributed by atoms with E-state index in [1.807, 2.05) is 13.1 Å². The number of carbonyl (C=O) groups is 1. The first kappa shape index (κ1) is 16.6. The number of hydrogen-bond donors (Lipinski definition) is 1. The molecule has 3 nitrogen and oxygen atoms in total. The van der Waals surface area contributed by atoms with Crippen LogP contribution in [0.2, 0.25) is 0 Å². The van der Waals surface area contributed by atoms with E-state index >= 15 is 0 Å². The molecule has 4 heteroatoms. The van der Waals surface area contributed by atoms with Crippen LogP contribution in [0, 0.1) is 11.2 Å². The number of halogens is 1. The highest BCUT2D eigenvalue weighted by Crippen LogP contribution is 2.23. The molecule has 0 heterocycles. The van der Waals surface area contributed by atoms with E-state index in [1.54, 1.807) is 26.0 Å². The summed E-state index contributed by atoms with van der Waals surface area (Å²) in [5.41, 5.74) is 0.0327. The summed E-state index contributed by atoms with van der Waals surface area (Å²) >= 11 is 0. The van der Waals surface area contributed by atoms with Gasteiger partial charge in [0.2, 0.25) is 0 Å². The maximum Gasteiger partial charge on any atom is 0.309 e. The molecule has 1 N–H and O–H groups in total. The van der Waals surface area contributed by atoms with Crippen molar-refractivity contribution in [3.8, 4) is 0 Å². The van der Waals surface area contributed by atoms with Gasteiger partial charge in [-0.1, -0.05) is 24.6 Å². The van der Waals surface area contributed by atoms with Crippen molar-refractivity contribution in [2.24, 2.45) is 5.41 Å². The SMILES string of the molecule is CN(CCCCC(C)(C)C(=O)O)Cc1ccccc1F. The molecule has 20 heavy (non-hydrogen) atoms. The van der Waals surface area contributed by atoms with Crippen LogP contribution in [-0.2, 0) is 11.3 Å². The number of nitrogens with zero attached hydrogens (tertiary/aromatic N) is 1. The minimum Gasteiger partial charge on any atom is -0.481 e. The Bertz CT molecular complexity index is 446. The smallest absolute Gasteiger partial charge is 0.309 e. The summed E-state index contributed by atoms with van der Waals surface area (Å²) in [4.78, 5) is 13.0. The zero-order valence-corrected chi connectivity index (χ0v) is 12.5. The first-order chi connectivity index (χ1) is 9.33. The van der Waals surface area contributed by atoms with Crippen molar-refractivity contribution >= 4 is 5.97 Å². The number of rotatable bonds is 8. The summed E-state index contributed by atoms with van der Waals surface area (Å²) in [6.07, 6.45) is 2.44. The molecule has 0 amide bonds. The lowest BCUT2D eigenvalue weighted by atomic mass is 9.87. The van der Waals surface area contributed by atoms with E-state index in [-0.39, 0.29) is 5.82 Å². The van der Waals surface area contributed by atoms with Gasteiger partial charge in [-0.25, -0.2) is 4.39 Å². The number of aliphatic carboxylic acids is 1. The molecule has 0 aliphatic rings. The highest BCUT2D eigenvalue weighted by Gasteiger charge is 2.25. The Morgan fingerprint density at radius 1 is 1.30 bits per heavy atom. The second kappa shape index (κ2) is 7.39. The minimum atomic E-state index is -0.753. The van der Waals surface area contributed by atoms with Crippen LogP contribution in [0.15, 0.2) is 24.3 Å². The highest BCUT2D eigenvalue weighted by molar-refractivity contribution is 5.73. The number of carboxylic acids is 1. The van der Waals surface area contributed by atoms with Crippen molar-refractivity contribution in [1.29, 1.82) is 0 Å². The molecule has 0 unspecified atom stereocenters. The molecule has 1 aromatic carbocycles. The van der Waals surface area contributed by atoms with E-state index in [0.717, 1.165) is 19.4 Å². The lowest BCUT2D eigenvalue weighted by Gasteiger charge is -2.20. The predicted molar refractivity (Wildman–Crippen MR) is 78.0 cm³/mol. The zero-order valence-electron chi connectivity index (χ0n) is 12.5. The van der Waals surface area contributed by atoms with E-state index in [9.17, 15) is 9.18 Å². The van der Waals surface area contributed by atoms with Gasteiger partial charge in [0.05, 0.1) is 5.41 Å². The maximum atomic E-state index is 13.5. The first-order valence-corrected chi connectivity index (χ1v) is 6.98. The monoisotopic (exact) mass is 281 g/mol. The molecule has 0 saturated heterocycles. The van der Waals surface area contributed by atoms with E-state index in [4.69, 9.17) is 5.11 Å². The van der Waals surface area contributed by atoms with E-state index in [2.05, 4.69) is 4.90 Å². The van der Waals surface area contributed by atoms with Crippen molar-refractivity contribution in [3.05, 3.63) is 35.6 Å².